The van der Waals surface area contributed by atoms with Crippen LogP contribution in [0.1, 0.15) is 43.0 Å². The van der Waals surface area contributed by atoms with Gasteiger partial charge in [0.05, 0.1) is 12.6 Å². The Balaban J connectivity index is 1.48. The predicted molar refractivity (Wildman–Crippen MR) is 101 cm³/mol. The largest absolute Gasteiger partial charge is 0.376 e. The molecule has 0 aliphatic carbocycles. The van der Waals surface area contributed by atoms with Crippen molar-refractivity contribution in [3.05, 3.63) is 29.8 Å². The van der Waals surface area contributed by atoms with Gasteiger partial charge in [0.25, 0.3) is 5.91 Å². The Bertz CT molecular complexity index is 620. The number of carbonyl (C=O) groups excluding carboxylic acids is 2. The van der Waals surface area contributed by atoms with E-state index in [1.165, 1.54) is 0 Å². The van der Waals surface area contributed by atoms with Crippen LogP contribution in [-0.2, 0) is 9.53 Å². The summed E-state index contributed by atoms with van der Waals surface area (Å²) in [7, 11) is 0. The molecule has 2 N–H and O–H groups in total. The van der Waals surface area contributed by atoms with Gasteiger partial charge >= 0.3 is 0 Å². The number of amides is 2. The number of rotatable bonds is 6. The molecule has 2 aliphatic heterocycles. The van der Waals surface area contributed by atoms with E-state index in [1.54, 1.807) is 18.2 Å². The molecule has 142 valence electrons. The van der Waals surface area contributed by atoms with Crippen LogP contribution in [0.4, 0.5) is 5.69 Å². The molecule has 2 fully saturated rings. The Morgan fingerprint density at radius 3 is 2.77 bits per heavy atom. The second kappa shape index (κ2) is 9.14. The van der Waals surface area contributed by atoms with E-state index in [2.05, 4.69) is 22.5 Å². The summed E-state index contributed by atoms with van der Waals surface area (Å²) in [5.41, 5.74) is 1.21. The maximum absolute atomic E-state index is 12.3. The van der Waals surface area contributed by atoms with Gasteiger partial charge in [0.15, 0.2) is 0 Å². The van der Waals surface area contributed by atoms with Gasteiger partial charge in [-0.25, -0.2) is 0 Å². The Hall–Kier alpha value is -1.92. The van der Waals surface area contributed by atoms with Crippen LogP contribution in [0.25, 0.3) is 0 Å². The standard InChI is InChI=1S/C20H29N3O3/c1-15-7-9-23(10-8-15)14-19(24)22-17-5-2-4-16(12-17)20(25)21-13-18-6-3-11-26-18/h2,4-5,12,15,18H,3,6-11,13-14H2,1H3,(H,21,25)(H,22,24). The summed E-state index contributed by atoms with van der Waals surface area (Å²) in [6, 6.07) is 7.08. The first-order chi connectivity index (χ1) is 12.6. The number of benzene rings is 1. The number of nitrogens with one attached hydrogen (secondary N) is 2. The zero-order valence-corrected chi connectivity index (χ0v) is 15.5. The first-order valence-corrected chi connectivity index (χ1v) is 9.62. The summed E-state index contributed by atoms with van der Waals surface area (Å²) >= 11 is 0. The molecular formula is C20H29N3O3. The van der Waals surface area contributed by atoms with Crippen LogP contribution >= 0.6 is 0 Å². The molecule has 3 rings (SSSR count). The lowest BCUT2D eigenvalue weighted by atomic mass is 9.99. The number of hydrogen-bond acceptors (Lipinski definition) is 4. The van der Waals surface area contributed by atoms with Crippen molar-refractivity contribution in [3.63, 3.8) is 0 Å². The molecule has 2 saturated heterocycles. The number of carbonyl (C=O) groups is 2. The van der Waals surface area contributed by atoms with Crippen LogP contribution in [0.2, 0.25) is 0 Å². The minimum Gasteiger partial charge on any atom is -0.376 e. The summed E-state index contributed by atoms with van der Waals surface area (Å²) in [5.74, 6) is 0.581. The fourth-order valence-corrected chi connectivity index (χ4v) is 3.48. The zero-order valence-electron chi connectivity index (χ0n) is 15.5. The van der Waals surface area contributed by atoms with Gasteiger partial charge in [0, 0.05) is 24.4 Å². The fourth-order valence-electron chi connectivity index (χ4n) is 3.48. The molecule has 1 atom stereocenters. The normalized spacial score (nSPS) is 21.5. The van der Waals surface area contributed by atoms with E-state index in [-0.39, 0.29) is 17.9 Å². The van der Waals surface area contributed by atoms with Crippen molar-refractivity contribution < 1.29 is 14.3 Å². The number of nitrogens with zero attached hydrogens (tertiary/aromatic N) is 1. The second-order valence-corrected chi connectivity index (χ2v) is 7.43. The highest BCUT2D eigenvalue weighted by Crippen LogP contribution is 2.16. The van der Waals surface area contributed by atoms with Crippen molar-refractivity contribution in [1.29, 1.82) is 0 Å². The molecule has 0 spiro atoms. The van der Waals surface area contributed by atoms with Gasteiger partial charge in [0.1, 0.15) is 0 Å². The van der Waals surface area contributed by atoms with Gasteiger partial charge < -0.3 is 15.4 Å². The van der Waals surface area contributed by atoms with E-state index < -0.39 is 0 Å². The summed E-state index contributed by atoms with van der Waals surface area (Å²) in [4.78, 5) is 26.8. The van der Waals surface area contributed by atoms with Crippen LogP contribution < -0.4 is 10.6 Å². The molecule has 26 heavy (non-hydrogen) atoms. The van der Waals surface area contributed by atoms with Crippen LogP contribution in [0, 0.1) is 5.92 Å². The van der Waals surface area contributed by atoms with Gasteiger partial charge in [0.2, 0.25) is 5.91 Å². The SMILES string of the molecule is CC1CCN(CC(=O)Nc2cccc(C(=O)NCC3CCCO3)c2)CC1. The van der Waals surface area contributed by atoms with E-state index in [0.717, 1.165) is 51.3 Å². The number of likely N-dealkylation sites (tertiary alicyclic amines) is 1. The number of hydrogen-bond donors (Lipinski definition) is 2. The summed E-state index contributed by atoms with van der Waals surface area (Å²) < 4.78 is 5.52. The summed E-state index contributed by atoms with van der Waals surface area (Å²) in [6.07, 6.45) is 4.46. The van der Waals surface area contributed by atoms with Crippen LogP contribution in [0.3, 0.4) is 0 Å². The molecule has 6 heteroatoms. The van der Waals surface area contributed by atoms with E-state index in [1.807, 2.05) is 6.07 Å². The monoisotopic (exact) mass is 359 g/mol. The lowest BCUT2D eigenvalue weighted by Gasteiger charge is -2.29. The van der Waals surface area contributed by atoms with Gasteiger partial charge in [-0.2, -0.15) is 0 Å². The molecule has 0 radical (unpaired) electrons. The average Bonchev–Trinajstić information content (AvgIpc) is 3.15. The quantitative estimate of drug-likeness (QED) is 0.817. The molecule has 6 nitrogen and oxygen atoms in total. The molecule has 0 aromatic heterocycles. The molecule has 1 aromatic carbocycles. The Labute approximate surface area is 155 Å². The van der Waals surface area contributed by atoms with Gasteiger partial charge in [-0.3, -0.25) is 14.5 Å². The minimum atomic E-state index is -0.137. The first-order valence-electron chi connectivity index (χ1n) is 9.62. The van der Waals surface area contributed by atoms with Gasteiger partial charge in [-0.1, -0.05) is 13.0 Å². The van der Waals surface area contributed by atoms with Crippen molar-refractivity contribution >= 4 is 17.5 Å². The molecule has 2 amide bonds. The molecule has 0 saturated carbocycles. The highest BCUT2D eigenvalue weighted by Gasteiger charge is 2.19. The van der Waals surface area contributed by atoms with Crippen molar-refractivity contribution in [1.82, 2.24) is 10.2 Å². The van der Waals surface area contributed by atoms with E-state index in [9.17, 15) is 9.59 Å². The Morgan fingerprint density at radius 1 is 1.23 bits per heavy atom. The molecule has 2 aliphatic rings. The number of anilines is 1. The van der Waals surface area contributed by atoms with Gasteiger partial charge in [-0.05, 0) is 62.9 Å². The zero-order chi connectivity index (χ0) is 18.4. The Kier molecular flexibility index (Phi) is 6.63. The fraction of sp³-hybridized carbons (Fsp3) is 0.600. The molecule has 1 unspecified atom stereocenters. The highest BCUT2D eigenvalue weighted by atomic mass is 16.5. The third kappa shape index (κ3) is 5.54. The molecule has 2 heterocycles. The highest BCUT2D eigenvalue weighted by molar-refractivity contribution is 5.97. The van der Waals surface area contributed by atoms with Crippen molar-refractivity contribution in [2.75, 3.05) is 38.1 Å². The van der Waals surface area contributed by atoms with Crippen molar-refractivity contribution in [2.24, 2.45) is 5.92 Å². The topological polar surface area (TPSA) is 70.7 Å². The van der Waals surface area contributed by atoms with Crippen molar-refractivity contribution in [2.45, 2.75) is 38.7 Å². The third-order valence-electron chi connectivity index (χ3n) is 5.17. The second-order valence-electron chi connectivity index (χ2n) is 7.43. The smallest absolute Gasteiger partial charge is 0.251 e. The molecule has 0 bridgehead atoms. The van der Waals surface area contributed by atoms with E-state index in [0.29, 0.717) is 24.3 Å². The summed E-state index contributed by atoms with van der Waals surface area (Å²) in [5, 5.41) is 5.81. The summed E-state index contributed by atoms with van der Waals surface area (Å²) in [6.45, 7) is 5.91. The molecular weight excluding hydrogens is 330 g/mol. The number of ether oxygens (including phenoxy) is 1. The lowest BCUT2D eigenvalue weighted by Crippen LogP contribution is -2.38. The third-order valence-corrected chi connectivity index (χ3v) is 5.17. The number of piperidine rings is 1. The maximum atomic E-state index is 12.3. The van der Waals surface area contributed by atoms with Crippen LogP contribution in [0.5, 0.6) is 0 Å². The van der Waals surface area contributed by atoms with Crippen LogP contribution in [0.15, 0.2) is 24.3 Å². The predicted octanol–water partition coefficient (Wildman–Crippen LogP) is 2.27. The maximum Gasteiger partial charge on any atom is 0.251 e. The first kappa shape index (κ1) is 18.9. The van der Waals surface area contributed by atoms with Gasteiger partial charge in [-0.15, -0.1) is 0 Å². The average molecular weight is 359 g/mol. The van der Waals surface area contributed by atoms with E-state index >= 15 is 0 Å². The van der Waals surface area contributed by atoms with Crippen LogP contribution in [-0.4, -0.2) is 55.6 Å². The van der Waals surface area contributed by atoms with Crippen molar-refractivity contribution in [3.8, 4) is 0 Å². The lowest BCUT2D eigenvalue weighted by molar-refractivity contribution is -0.117. The minimum absolute atomic E-state index is 0.0310. The molecule has 1 aromatic rings. The van der Waals surface area contributed by atoms with E-state index in [4.69, 9.17) is 4.74 Å². The Morgan fingerprint density at radius 2 is 2.04 bits per heavy atom.